The molecule has 0 bridgehead atoms. The van der Waals surface area contributed by atoms with Gasteiger partial charge in [0.25, 0.3) is 0 Å². The van der Waals surface area contributed by atoms with Crippen molar-refractivity contribution in [3.05, 3.63) is 29.8 Å². The summed E-state index contributed by atoms with van der Waals surface area (Å²) in [5.74, 6) is 7.02. The average Bonchev–Trinajstić information content (AvgIpc) is 2.85. The van der Waals surface area contributed by atoms with Gasteiger partial charge < -0.3 is 4.74 Å². The van der Waals surface area contributed by atoms with E-state index in [2.05, 4.69) is 38.1 Å². The minimum atomic E-state index is 0.788. The van der Waals surface area contributed by atoms with E-state index in [1.807, 2.05) is 0 Å². The molecule has 1 aromatic carbocycles. The van der Waals surface area contributed by atoms with E-state index in [0.29, 0.717) is 0 Å². The third-order valence-corrected chi connectivity index (χ3v) is 9.46. The normalized spacial score (nSPS) is 32.9. The summed E-state index contributed by atoms with van der Waals surface area (Å²) in [5.41, 5.74) is 1.56. The molecule has 1 nitrogen and oxygen atoms in total. The molecule has 1 aromatic rings. The molecule has 32 heavy (non-hydrogen) atoms. The second-order valence-corrected chi connectivity index (χ2v) is 11.7. The van der Waals surface area contributed by atoms with Gasteiger partial charge in [0.05, 0.1) is 6.61 Å². The Labute approximate surface area is 199 Å². The predicted octanol–water partition coefficient (Wildman–Crippen LogP) is 9.55. The van der Waals surface area contributed by atoms with Gasteiger partial charge in [-0.2, -0.15) is 0 Å². The molecule has 0 aliphatic heterocycles. The van der Waals surface area contributed by atoms with Gasteiger partial charge in [-0.25, -0.2) is 0 Å². The van der Waals surface area contributed by atoms with Crippen molar-refractivity contribution in [1.82, 2.24) is 0 Å². The van der Waals surface area contributed by atoms with Crippen LogP contribution in [0.2, 0.25) is 0 Å². The molecule has 3 saturated carbocycles. The minimum Gasteiger partial charge on any atom is -0.494 e. The van der Waals surface area contributed by atoms with Crippen LogP contribution in [0.5, 0.6) is 5.75 Å². The topological polar surface area (TPSA) is 9.23 Å². The highest BCUT2D eigenvalue weighted by molar-refractivity contribution is 5.30. The molecule has 0 N–H and O–H groups in total. The first-order valence-corrected chi connectivity index (χ1v) is 14.5. The Morgan fingerprint density at radius 3 is 2.00 bits per heavy atom. The number of fused-ring (bicyclic) bond motifs is 1. The Morgan fingerprint density at radius 1 is 0.656 bits per heavy atom. The van der Waals surface area contributed by atoms with E-state index < -0.39 is 0 Å². The van der Waals surface area contributed by atoms with Gasteiger partial charge in [0.1, 0.15) is 5.75 Å². The van der Waals surface area contributed by atoms with Crippen LogP contribution in [0.4, 0.5) is 0 Å². The highest BCUT2D eigenvalue weighted by Crippen LogP contribution is 2.49. The zero-order valence-electron chi connectivity index (χ0n) is 21.2. The Morgan fingerprint density at radius 2 is 1.28 bits per heavy atom. The fourth-order valence-corrected chi connectivity index (χ4v) is 7.38. The quantitative estimate of drug-likeness (QED) is 0.353. The maximum absolute atomic E-state index is 5.78. The Bertz CT molecular complexity index is 641. The van der Waals surface area contributed by atoms with Gasteiger partial charge in [0.15, 0.2) is 0 Å². The molecule has 3 fully saturated rings. The Kier molecular flexibility index (Phi) is 9.42. The van der Waals surface area contributed by atoms with Gasteiger partial charge in [-0.05, 0) is 91.7 Å². The number of ether oxygens (including phenoxy) is 1. The standard InChI is InChI=1S/C31H50O/c1-3-5-6-24-7-9-25(10-8-24)11-12-26-13-14-30-23-29(16-15-28(30)22-26)27-17-19-31(20-18-27)32-21-4-2/h17-20,24-26,28-30H,3-16,21-23H2,1-2H3. The van der Waals surface area contributed by atoms with E-state index in [1.165, 1.54) is 89.9 Å². The lowest BCUT2D eigenvalue weighted by molar-refractivity contribution is 0.108. The van der Waals surface area contributed by atoms with Crippen LogP contribution in [0, 0.1) is 29.6 Å². The Hall–Kier alpha value is -0.980. The molecule has 4 unspecified atom stereocenters. The number of unbranched alkanes of at least 4 members (excludes halogenated alkanes) is 1. The van der Waals surface area contributed by atoms with E-state index >= 15 is 0 Å². The van der Waals surface area contributed by atoms with Crippen LogP contribution in [-0.4, -0.2) is 6.61 Å². The summed E-state index contributed by atoms with van der Waals surface area (Å²) < 4.78 is 5.78. The molecule has 180 valence electrons. The lowest BCUT2D eigenvalue weighted by atomic mass is 9.63. The first-order chi connectivity index (χ1) is 15.7. The number of benzene rings is 1. The third kappa shape index (κ3) is 6.77. The van der Waals surface area contributed by atoms with E-state index in [1.54, 1.807) is 12.0 Å². The summed E-state index contributed by atoms with van der Waals surface area (Å²) in [6.45, 7) is 5.34. The van der Waals surface area contributed by atoms with Crippen molar-refractivity contribution in [1.29, 1.82) is 0 Å². The summed E-state index contributed by atoms with van der Waals surface area (Å²) in [4.78, 5) is 0. The van der Waals surface area contributed by atoms with Gasteiger partial charge in [-0.1, -0.05) is 90.2 Å². The SMILES string of the molecule is CCCCC1CCC(CCC2CCC3CC(c4ccc(OCCC)cc4)CCC3C2)CC1. The highest BCUT2D eigenvalue weighted by atomic mass is 16.5. The molecule has 4 rings (SSSR count). The molecule has 3 aliphatic rings. The lowest BCUT2D eigenvalue weighted by Crippen LogP contribution is -2.30. The van der Waals surface area contributed by atoms with Crippen molar-refractivity contribution in [2.75, 3.05) is 6.61 Å². The van der Waals surface area contributed by atoms with Crippen LogP contribution in [0.3, 0.4) is 0 Å². The molecule has 1 heteroatoms. The van der Waals surface area contributed by atoms with Gasteiger partial charge >= 0.3 is 0 Å². The summed E-state index contributed by atoms with van der Waals surface area (Å²) in [6.07, 6.45) is 23.5. The molecular weight excluding hydrogens is 388 g/mol. The minimum absolute atomic E-state index is 0.788. The number of hydrogen-bond acceptors (Lipinski definition) is 1. The molecule has 3 aliphatic carbocycles. The van der Waals surface area contributed by atoms with E-state index in [4.69, 9.17) is 4.74 Å². The molecule has 0 heterocycles. The van der Waals surface area contributed by atoms with Crippen molar-refractivity contribution in [2.45, 2.75) is 122 Å². The summed E-state index contributed by atoms with van der Waals surface area (Å²) in [7, 11) is 0. The van der Waals surface area contributed by atoms with Crippen molar-refractivity contribution < 1.29 is 4.74 Å². The van der Waals surface area contributed by atoms with Crippen LogP contribution < -0.4 is 4.74 Å². The molecule has 0 aromatic heterocycles. The summed E-state index contributed by atoms with van der Waals surface area (Å²) in [5, 5.41) is 0. The van der Waals surface area contributed by atoms with Crippen LogP contribution in [0.15, 0.2) is 24.3 Å². The molecule has 0 amide bonds. The maximum Gasteiger partial charge on any atom is 0.119 e. The molecule has 0 saturated heterocycles. The van der Waals surface area contributed by atoms with Crippen LogP contribution >= 0.6 is 0 Å². The van der Waals surface area contributed by atoms with Gasteiger partial charge in [0.2, 0.25) is 0 Å². The van der Waals surface area contributed by atoms with Gasteiger partial charge in [0, 0.05) is 0 Å². The van der Waals surface area contributed by atoms with Crippen molar-refractivity contribution >= 4 is 0 Å². The van der Waals surface area contributed by atoms with Crippen molar-refractivity contribution in [3.8, 4) is 5.75 Å². The zero-order valence-corrected chi connectivity index (χ0v) is 21.2. The molecular formula is C31H50O. The summed E-state index contributed by atoms with van der Waals surface area (Å²) in [6, 6.07) is 9.09. The number of rotatable bonds is 10. The summed E-state index contributed by atoms with van der Waals surface area (Å²) >= 11 is 0. The van der Waals surface area contributed by atoms with Crippen molar-refractivity contribution in [3.63, 3.8) is 0 Å². The van der Waals surface area contributed by atoms with E-state index in [-0.39, 0.29) is 0 Å². The van der Waals surface area contributed by atoms with E-state index in [9.17, 15) is 0 Å². The monoisotopic (exact) mass is 438 g/mol. The first-order valence-electron chi connectivity index (χ1n) is 14.5. The lowest BCUT2D eigenvalue weighted by Gasteiger charge is -2.43. The molecule has 0 spiro atoms. The smallest absolute Gasteiger partial charge is 0.119 e. The number of hydrogen-bond donors (Lipinski definition) is 0. The fraction of sp³-hybridized carbons (Fsp3) is 0.806. The first kappa shape index (κ1) is 24.2. The molecule has 4 atom stereocenters. The molecule has 0 radical (unpaired) electrons. The Balaban J connectivity index is 1.16. The maximum atomic E-state index is 5.78. The highest BCUT2D eigenvalue weighted by Gasteiger charge is 2.36. The third-order valence-electron chi connectivity index (χ3n) is 9.46. The largest absolute Gasteiger partial charge is 0.494 e. The fourth-order valence-electron chi connectivity index (χ4n) is 7.38. The van der Waals surface area contributed by atoms with Gasteiger partial charge in [-0.3, -0.25) is 0 Å². The second kappa shape index (κ2) is 12.5. The van der Waals surface area contributed by atoms with Crippen LogP contribution in [0.25, 0.3) is 0 Å². The van der Waals surface area contributed by atoms with Crippen molar-refractivity contribution in [2.24, 2.45) is 29.6 Å². The predicted molar refractivity (Wildman–Crippen MR) is 137 cm³/mol. The van der Waals surface area contributed by atoms with Crippen LogP contribution in [-0.2, 0) is 0 Å². The second-order valence-electron chi connectivity index (χ2n) is 11.7. The van der Waals surface area contributed by atoms with E-state index in [0.717, 1.165) is 54.3 Å². The zero-order chi connectivity index (χ0) is 22.2. The van der Waals surface area contributed by atoms with Crippen LogP contribution in [0.1, 0.15) is 128 Å². The average molecular weight is 439 g/mol. The van der Waals surface area contributed by atoms with Gasteiger partial charge in [-0.15, -0.1) is 0 Å².